The second kappa shape index (κ2) is 8.58. The third kappa shape index (κ3) is 5.60. The van der Waals surface area contributed by atoms with Crippen molar-refractivity contribution in [3.63, 3.8) is 0 Å². The number of rotatable bonds is 7. The van der Waals surface area contributed by atoms with Crippen LogP contribution in [0.3, 0.4) is 0 Å². The summed E-state index contributed by atoms with van der Waals surface area (Å²) >= 11 is 0. The third-order valence-corrected chi connectivity index (χ3v) is 1.87. The van der Waals surface area contributed by atoms with Crippen LogP contribution in [-0.2, 0) is 9.53 Å². The van der Waals surface area contributed by atoms with E-state index in [9.17, 15) is 4.79 Å². The normalized spacial score (nSPS) is 11.8. The summed E-state index contributed by atoms with van der Waals surface area (Å²) in [6.45, 7) is 4.71. The summed E-state index contributed by atoms with van der Waals surface area (Å²) in [5, 5.41) is 2.98. The fraction of sp³-hybridized carbons (Fsp3) is 0.727. The molecule has 0 saturated carbocycles. The Balaban J connectivity index is 3.95. The number of terminal acetylenes is 1. The molecule has 0 radical (unpaired) electrons. The van der Waals surface area contributed by atoms with Gasteiger partial charge in [0.15, 0.2) is 0 Å². The van der Waals surface area contributed by atoms with Gasteiger partial charge in [-0.2, -0.15) is 0 Å². The zero-order valence-corrected chi connectivity index (χ0v) is 9.01. The Morgan fingerprint density at radius 2 is 2.29 bits per heavy atom. The van der Waals surface area contributed by atoms with E-state index < -0.39 is 0 Å². The molecular weight excluding hydrogens is 178 g/mol. The number of hydrogen-bond acceptors (Lipinski definition) is 3. The average Bonchev–Trinajstić information content (AvgIpc) is 2.18. The van der Waals surface area contributed by atoms with Crippen LogP contribution in [0.2, 0.25) is 0 Å². The maximum Gasteiger partial charge on any atom is 0.323 e. The van der Waals surface area contributed by atoms with Gasteiger partial charge in [-0.05, 0) is 13.3 Å². The van der Waals surface area contributed by atoms with Crippen molar-refractivity contribution in [3.05, 3.63) is 0 Å². The van der Waals surface area contributed by atoms with E-state index in [1.54, 1.807) is 6.92 Å². The van der Waals surface area contributed by atoms with Gasteiger partial charge in [0.2, 0.25) is 0 Å². The largest absolute Gasteiger partial charge is 0.465 e. The molecule has 0 spiro atoms. The molecule has 0 aromatic carbocycles. The SMILES string of the molecule is C#CCNC(CCCC)C(=O)OCC. The predicted octanol–water partition coefficient (Wildman–Crippen LogP) is 1.33. The van der Waals surface area contributed by atoms with E-state index in [-0.39, 0.29) is 12.0 Å². The summed E-state index contributed by atoms with van der Waals surface area (Å²) in [6.07, 6.45) is 7.97. The van der Waals surface area contributed by atoms with Crippen LogP contribution in [0.25, 0.3) is 0 Å². The van der Waals surface area contributed by atoms with Crippen molar-refractivity contribution in [2.75, 3.05) is 13.2 Å². The molecule has 0 rings (SSSR count). The van der Waals surface area contributed by atoms with Gasteiger partial charge in [-0.3, -0.25) is 10.1 Å². The Morgan fingerprint density at radius 3 is 2.79 bits per heavy atom. The number of carbonyl (C=O) groups excluding carboxylic acids is 1. The minimum Gasteiger partial charge on any atom is -0.465 e. The van der Waals surface area contributed by atoms with Crippen LogP contribution in [0.15, 0.2) is 0 Å². The summed E-state index contributed by atoms with van der Waals surface area (Å²) in [6, 6.07) is -0.244. The first-order chi connectivity index (χ1) is 6.76. The maximum absolute atomic E-state index is 11.4. The Morgan fingerprint density at radius 1 is 1.57 bits per heavy atom. The van der Waals surface area contributed by atoms with E-state index in [2.05, 4.69) is 18.2 Å². The topological polar surface area (TPSA) is 38.3 Å². The van der Waals surface area contributed by atoms with Crippen molar-refractivity contribution in [1.82, 2.24) is 5.32 Å². The Bertz CT molecular complexity index is 196. The van der Waals surface area contributed by atoms with Crippen molar-refractivity contribution >= 4 is 5.97 Å². The van der Waals surface area contributed by atoms with E-state index in [1.807, 2.05) is 0 Å². The second-order valence-electron chi connectivity index (χ2n) is 3.03. The molecule has 0 aliphatic rings. The standard InChI is InChI=1S/C11H19NO2/c1-4-7-8-10(12-9-5-2)11(13)14-6-3/h2,10,12H,4,6-9H2,1,3H3. The number of unbranched alkanes of at least 4 members (excludes halogenated alkanes) is 1. The first kappa shape index (κ1) is 13.0. The lowest BCUT2D eigenvalue weighted by Gasteiger charge is -2.15. The van der Waals surface area contributed by atoms with Crippen LogP contribution >= 0.6 is 0 Å². The van der Waals surface area contributed by atoms with Gasteiger partial charge < -0.3 is 4.74 Å². The van der Waals surface area contributed by atoms with E-state index in [0.29, 0.717) is 13.2 Å². The average molecular weight is 197 g/mol. The zero-order valence-electron chi connectivity index (χ0n) is 9.01. The highest BCUT2D eigenvalue weighted by Gasteiger charge is 2.17. The first-order valence-electron chi connectivity index (χ1n) is 5.09. The van der Waals surface area contributed by atoms with Crippen molar-refractivity contribution in [2.45, 2.75) is 39.2 Å². The number of carbonyl (C=O) groups is 1. The number of hydrogen-bond donors (Lipinski definition) is 1. The lowest BCUT2D eigenvalue weighted by atomic mass is 10.1. The Hall–Kier alpha value is -1.01. The lowest BCUT2D eigenvalue weighted by Crippen LogP contribution is -2.38. The molecule has 3 nitrogen and oxygen atoms in total. The van der Waals surface area contributed by atoms with Crippen LogP contribution in [-0.4, -0.2) is 25.2 Å². The second-order valence-corrected chi connectivity index (χ2v) is 3.03. The van der Waals surface area contributed by atoms with Crippen molar-refractivity contribution in [2.24, 2.45) is 0 Å². The van der Waals surface area contributed by atoms with E-state index in [4.69, 9.17) is 11.2 Å². The van der Waals surface area contributed by atoms with Gasteiger partial charge >= 0.3 is 5.97 Å². The highest BCUT2D eigenvalue weighted by Crippen LogP contribution is 2.02. The molecule has 0 saturated heterocycles. The molecule has 14 heavy (non-hydrogen) atoms. The number of ether oxygens (including phenoxy) is 1. The van der Waals surface area contributed by atoms with Crippen molar-refractivity contribution in [1.29, 1.82) is 0 Å². The number of nitrogens with one attached hydrogen (secondary N) is 1. The molecule has 80 valence electrons. The van der Waals surface area contributed by atoms with Gasteiger partial charge in [-0.15, -0.1) is 6.42 Å². The molecule has 0 aromatic heterocycles. The van der Waals surface area contributed by atoms with Crippen LogP contribution in [0.4, 0.5) is 0 Å². The Labute approximate surface area is 86.2 Å². The molecule has 1 atom stereocenters. The molecule has 0 aromatic rings. The molecule has 1 N–H and O–H groups in total. The fourth-order valence-electron chi connectivity index (χ4n) is 1.14. The fourth-order valence-corrected chi connectivity index (χ4v) is 1.14. The first-order valence-corrected chi connectivity index (χ1v) is 5.09. The molecule has 0 bridgehead atoms. The molecule has 1 unspecified atom stereocenters. The van der Waals surface area contributed by atoms with Crippen molar-refractivity contribution in [3.8, 4) is 12.3 Å². The highest BCUT2D eigenvalue weighted by molar-refractivity contribution is 5.75. The zero-order chi connectivity index (χ0) is 10.8. The van der Waals surface area contributed by atoms with Gasteiger partial charge in [-0.25, -0.2) is 0 Å². The van der Waals surface area contributed by atoms with E-state index in [1.165, 1.54) is 0 Å². The summed E-state index contributed by atoms with van der Waals surface area (Å²) in [4.78, 5) is 11.4. The summed E-state index contributed by atoms with van der Waals surface area (Å²) < 4.78 is 4.93. The Kier molecular flexibility index (Phi) is 7.96. The quantitative estimate of drug-likeness (QED) is 0.494. The monoisotopic (exact) mass is 197 g/mol. The van der Waals surface area contributed by atoms with Crippen LogP contribution in [0.5, 0.6) is 0 Å². The molecule has 3 heteroatoms. The summed E-state index contributed by atoms with van der Waals surface area (Å²) in [5.74, 6) is 2.25. The molecule has 0 aliphatic carbocycles. The molecule has 0 fully saturated rings. The predicted molar refractivity (Wildman–Crippen MR) is 56.8 cm³/mol. The van der Waals surface area contributed by atoms with Gasteiger partial charge in [0.1, 0.15) is 6.04 Å². The maximum atomic E-state index is 11.4. The van der Waals surface area contributed by atoms with Gasteiger partial charge in [-0.1, -0.05) is 25.7 Å². The van der Waals surface area contributed by atoms with Crippen LogP contribution in [0, 0.1) is 12.3 Å². The van der Waals surface area contributed by atoms with Gasteiger partial charge in [0.05, 0.1) is 13.2 Å². The van der Waals surface area contributed by atoms with Crippen LogP contribution < -0.4 is 5.32 Å². The summed E-state index contributed by atoms with van der Waals surface area (Å²) in [5.41, 5.74) is 0. The highest BCUT2D eigenvalue weighted by atomic mass is 16.5. The summed E-state index contributed by atoms with van der Waals surface area (Å²) in [7, 11) is 0. The van der Waals surface area contributed by atoms with Crippen molar-refractivity contribution < 1.29 is 9.53 Å². The van der Waals surface area contributed by atoms with Gasteiger partial charge in [0, 0.05) is 0 Å². The minimum atomic E-state index is -0.244. The van der Waals surface area contributed by atoms with E-state index >= 15 is 0 Å². The smallest absolute Gasteiger partial charge is 0.323 e. The lowest BCUT2D eigenvalue weighted by molar-refractivity contribution is -0.145. The van der Waals surface area contributed by atoms with Crippen LogP contribution in [0.1, 0.15) is 33.1 Å². The number of esters is 1. The molecule has 0 aliphatic heterocycles. The van der Waals surface area contributed by atoms with E-state index in [0.717, 1.165) is 19.3 Å². The minimum absolute atomic E-state index is 0.198. The molecule has 0 amide bonds. The molecular formula is C11H19NO2. The molecule has 0 heterocycles. The third-order valence-electron chi connectivity index (χ3n) is 1.87. The van der Waals surface area contributed by atoms with Gasteiger partial charge in [0.25, 0.3) is 0 Å².